The van der Waals surface area contributed by atoms with Crippen molar-refractivity contribution < 1.29 is 4.79 Å². The molecule has 1 aromatic rings. The number of thioether (sulfide) groups is 1. The van der Waals surface area contributed by atoms with E-state index in [0.717, 1.165) is 34.1 Å². The second kappa shape index (κ2) is 6.97. The van der Waals surface area contributed by atoms with Crippen LogP contribution in [0.15, 0.2) is 29.2 Å². The monoisotopic (exact) mass is 331 g/mol. The highest BCUT2D eigenvalue weighted by molar-refractivity contribution is 8.26. The summed E-state index contributed by atoms with van der Waals surface area (Å²) in [4.78, 5) is 15.3. The summed E-state index contributed by atoms with van der Waals surface area (Å²) < 4.78 is 0.730. The molecule has 1 heterocycles. The SMILES string of the molecule is CCc1ccc(C=C2SC(=S)N(C3CCCCC3)C2=O)cc1. The van der Waals surface area contributed by atoms with Crippen molar-refractivity contribution in [3.63, 3.8) is 0 Å². The summed E-state index contributed by atoms with van der Waals surface area (Å²) in [7, 11) is 0. The molecule has 1 aromatic carbocycles. The molecule has 0 aromatic heterocycles. The van der Waals surface area contributed by atoms with Crippen molar-refractivity contribution in [3.05, 3.63) is 40.3 Å². The lowest BCUT2D eigenvalue weighted by Gasteiger charge is -2.29. The molecule has 22 heavy (non-hydrogen) atoms. The number of rotatable bonds is 3. The number of carbonyl (C=O) groups is 1. The van der Waals surface area contributed by atoms with Gasteiger partial charge < -0.3 is 0 Å². The van der Waals surface area contributed by atoms with Crippen molar-refractivity contribution >= 4 is 40.3 Å². The lowest BCUT2D eigenvalue weighted by atomic mass is 9.94. The molecule has 2 nitrogen and oxygen atoms in total. The zero-order valence-corrected chi connectivity index (χ0v) is 14.5. The quantitative estimate of drug-likeness (QED) is 0.587. The second-order valence-electron chi connectivity index (χ2n) is 5.94. The minimum absolute atomic E-state index is 0.0986. The summed E-state index contributed by atoms with van der Waals surface area (Å²) in [6, 6.07) is 8.70. The molecular formula is C18H21NOS2. The molecule has 1 aliphatic carbocycles. The van der Waals surface area contributed by atoms with Crippen LogP contribution in [0.4, 0.5) is 0 Å². The summed E-state index contributed by atoms with van der Waals surface area (Å²) in [6.07, 6.45) is 8.88. The molecule has 0 N–H and O–H groups in total. The zero-order valence-electron chi connectivity index (χ0n) is 12.9. The number of amides is 1. The second-order valence-corrected chi connectivity index (χ2v) is 7.61. The molecule has 0 spiro atoms. The van der Waals surface area contributed by atoms with E-state index < -0.39 is 0 Å². The highest BCUT2D eigenvalue weighted by Gasteiger charge is 2.37. The van der Waals surface area contributed by atoms with Gasteiger partial charge in [0.1, 0.15) is 4.32 Å². The largest absolute Gasteiger partial charge is 0.290 e. The Bertz CT molecular complexity index is 600. The fraction of sp³-hybridized carbons (Fsp3) is 0.444. The smallest absolute Gasteiger partial charge is 0.266 e. The van der Waals surface area contributed by atoms with E-state index in [1.54, 1.807) is 0 Å². The van der Waals surface area contributed by atoms with E-state index in [-0.39, 0.29) is 5.91 Å². The number of hydrogen-bond donors (Lipinski definition) is 0. The van der Waals surface area contributed by atoms with Crippen LogP contribution < -0.4 is 0 Å². The van der Waals surface area contributed by atoms with Crippen LogP contribution in [0.25, 0.3) is 6.08 Å². The number of benzene rings is 1. The first-order chi connectivity index (χ1) is 10.7. The van der Waals surface area contributed by atoms with Crippen molar-refractivity contribution in [1.29, 1.82) is 0 Å². The van der Waals surface area contributed by atoms with Gasteiger partial charge in [0, 0.05) is 6.04 Å². The Balaban J connectivity index is 1.78. The molecule has 1 saturated carbocycles. The van der Waals surface area contributed by atoms with Gasteiger partial charge in [0.25, 0.3) is 5.91 Å². The molecule has 2 fully saturated rings. The Morgan fingerprint density at radius 2 is 1.91 bits per heavy atom. The topological polar surface area (TPSA) is 20.3 Å². The van der Waals surface area contributed by atoms with Crippen LogP contribution in [0.2, 0.25) is 0 Å². The molecule has 0 bridgehead atoms. The minimum atomic E-state index is 0.0986. The van der Waals surface area contributed by atoms with Gasteiger partial charge in [-0.05, 0) is 36.5 Å². The summed E-state index contributed by atoms with van der Waals surface area (Å²) in [5.74, 6) is 0.0986. The lowest BCUT2D eigenvalue weighted by molar-refractivity contribution is -0.124. The number of aryl methyl sites for hydroxylation is 1. The Kier molecular flexibility index (Phi) is 4.99. The number of carbonyl (C=O) groups excluding carboxylic acids is 1. The fourth-order valence-electron chi connectivity index (χ4n) is 3.13. The Morgan fingerprint density at radius 3 is 2.55 bits per heavy atom. The number of nitrogens with zero attached hydrogens (tertiary/aromatic N) is 1. The molecule has 2 aliphatic rings. The van der Waals surface area contributed by atoms with E-state index >= 15 is 0 Å². The molecule has 1 amide bonds. The van der Waals surface area contributed by atoms with Crippen LogP contribution >= 0.6 is 24.0 Å². The molecular weight excluding hydrogens is 310 g/mol. The van der Waals surface area contributed by atoms with Gasteiger partial charge >= 0.3 is 0 Å². The number of thiocarbonyl (C=S) groups is 1. The molecule has 3 rings (SSSR count). The van der Waals surface area contributed by atoms with E-state index in [1.165, 1.54) is 36.6 Å². The van der Waals surface area contributed by atoms with Gasteiger partial charge in [0.15, 0.2) is 0 Å². The molecule has 1 aliphatic heterocycles. The average Bonchev–Trinajstić information content (AvgIpc) is 2.83. The van der Waals surface area contributed by atoms with Gasteiger partial charge in [-0.1, -0.05) is 74.4 Å². The van der Waals surface area contributed by atoms with Crippen molar-refractivity contribution in [2.24, 2.45) is 0 Å². The fourth-order valence-corrected chi connectivity index (χ4v) is 4.54. The molecule has 116 valence electrons. The molecule has 1 saturated heterocycles. The maximum Gasteiger partial charge on any atom is 0.266 e. The van der Waals surface area contributed by atoms with Gasteiger partial charge in [-0.15, -0.1) is 0 Å². The number of hydrogen-bond acceptors (Lipinski definition) is 3. The predicted octanol–water partition coefficient (Wildman–Crippen LogP) is 4.78. The highest BCUT2D eigenvalue weighted by Crippen LogP contribution is 2.37. The normalized spacial score (nSPS) is 21.9. The van der Waals surface area contributed by atoms with Crippen LogP contribution in [0.1, 0.15) is 50.2 Å². The van der Waals surface area contributed by atoms with Crippen LogP contribution in [-0.4, -0.2) is 21.2 Å². The maximum atomic E-state index is 12.7. The molecule has 0 radical (unpaired) electrons. The van der Waals surface area contributed by atoms with Crippen molar-refractivity contribution in [2.75, 3.05) is 0 Å². The minimum Gasteiger partial charge on any atom is -0.290 e. The Labute approximate surface area is 142 Å². The van der Waals surface area contributed by atoms with Gasteiger partial charge in [-0.2, -0.15) is 0 Å². The van der Waals surface area contributed by atoms with Crippen molar-refractivity contribution in [1.82, 2.24) is 4.90 Å². The first-order valence-electron chi connectivity index (χ1n) is 8.05. The third-order valence-corrected chi connectivity index (χ3v) is 5.78. The summed E-state index contributed by atoms with van der Waals surface area (Å²) in [6.45, 7) is 2.14. The van der Waals surface area contributed by atoms with Crippen molar-refractivity contribution in [2.45, 2.75) is 51.5 Å². The maximum absolute atomic E-state index is 12.7. The van der Waals surface area contributed by atoms with E-state index in [9.17, 15) is 4.79 Å². The Morgan fingerprint density at radius 1 is 1.23 bits per heavy atom. The molecule has 0 atom stereocenters. The first-order valence-corrected chi connectivity index (χ1v) is 9.27. The summed E-state index contributed by atoms with van der Waals surface area (Å²) in [5.41, 5.74) is 2.38. The van der Waals surface area contributed by atoms with Gasteiger partial charge in [-0.3, -0.25) is 9.69 Å². The van der Waals surface area contributed by atoms with E-state index in [1.807, 2.05) is 11.0 Å². The third-order valence-electron chi connectivity index (χ3n) is 4.45. The first kappa shape index (κ1) is 15.8. The van der Waals surface area contributed by atoms with Gasteiger partial charge in [0.2, 0.25) is 0 Å². The lowest BCUT2D eigenvalue weighted by Crippen LogP contribution is -2.39. The van der Waals surface area contributed by atoms with E-state index in [4.69, 9.17) is 12.2 Å². The van der Waals surface area contributed by atoms with Crippen LogP contribution in [0.5, 0.6) is 0 Å². The van der Waals surface area contributed by atoms with E-state index in [2.05, 4.69) is 31.2 Å². The van der Waals surface area contributed by atoms with E-state index in [0.29, 0.717) is 6.04 Å². The summed E-state index contributed by atoms with van der Waals surface area (Å²) in [5, 5.41) is 0. The Hall–Kier alpha value is -1.13. The average molecular weight is 332 g/mol. The van der Waals surface area contributed by atoms with Gasteiger partial charge in [-0.25, -0.2) is 0 Å². The highest BCUT2D eigenvalue weighted by atomic mass is 32.2. The zero-order chi connectivity index (χ0) is 15.5. The molecule has 0 unspecified atom stereocenters. The van der Waals surface area contributed by atoms with Gasteiger partial charge in [0.05, 0.1) is 4.91 Å². The van der Waals surface area contributed by atoms with Crippen LogP contribution in [0, 0.1) is 0 Å². The van der Waals surface area contributed by atoms with Crippen LogP contribution in [0.3, 0.4) is 0 Å². The molecule has 4 heteroatoms. The predicted molar refractivity (Wildman–Crippen MR) is 97.7 cm³/mol. The van der Waals surface area contributed by atoms with Crippen LogP contribution in [-0.2, 0) is 11.2 Å². The van der Waals surface area contributed by atoms with Crippen molar-refractivity contribution in [3.8, 4) is 0 Å². The summed E-state index contributed by atoms with van der Waals surface area (Å²) >= 11 is 6.91. The standard InChI is InChI=1S/C18H21NOS2/c1-2-13-8-10-14(11-9-13)12-16-17(20)19(18(21)22-16)15-6-4-3-5-7-15/h8-12,15H,2-7H2,1H3. The third kappa shape index (κ3) is 3.28.